The average molecular weight is 408 g/mol. The van der Waals surface area contributed by atoms with Gasteiger partial charge < -0.3 is 9.84 Å². The van der Waals surface area contributed by atoms with Crippen molar-refractivity contribution < 1.29 is 19.4 Å². The highest BCUT2D eigenvalue weighted by atomic mass is 16.5. The number of carbonyl (C=O) groups is 2. The molecule has 30 heavy (non-hydrogen) atoms. The van der Waals surface area contributed by atoms with E-state index in [1.165, 1.54) is 4.90 Å². The Bertz CT molecular complexity index is 997. The topological polar surface area (TPSA) is 66.8 Å². The van der Waals surface area contributed by atoms with Crippen LogP contribution in [0.25, 0.3) is 0 Å². The highest BCUT2D eigenvalue weighted by Gasteiger charge is 2.44. The van der Waals surface area contributed by atoms with E-state index < -0.39 is 17.7 Å². The van der Waals surface area contributed by atoms with Crippen molar-refractivity contribution in [1.82, 2.24) is 0 Å². The van der Waals surface area contributed by atoms with E-state index in [9.17, 15) is 14.7 Å². The minimum Gasteiger partial charge on any atom is -0.503 e. The molecule has 0 fully saturated rings. The molecule has 1 amide bonds. The van der Waals surface area contributed by atoms with Crippen molar-refractivity contribution in [2.45, 2.75) is 46.1 Å². The number of aliphatic hydroxyl groups excluding tert-OH is 1. The van der Waals surface area contributed by atoms with Gasteiger partial charge in [-0.1, -0.05) is 65.0 Å². The van der Waals surface area contributed by atoms with E-state index in [0.29, 0.717) is 11.4 Å². The van der Waals surface area contributed by atoms with Crippen LogP contribution in [0.3, 0.4) is 0 Å². The monoisotopic (exact) mass is 407 g/mol. The van der Waals surface area contributed by atoms with Crippen molar-refractivity contribution in [2.75, 3.05) is 12.0 Å². The van der Waals surface area contributed by atoms with Gasteiger partial charge in [0, 0.05) is 17.7 Å². The van der Waals surface area contributed by atoms with Crippen LogP contribution in [-0.2, 0) is 15.0 Å². The number of anilines is 1. The lowest BCUT2D eigenvalue weighted by molar-refractivity contribution is -0.119. The van der Waals surface area contributed by atoms with Gasteiger partial charge >= 0.3 is 0 Å². The van der Waals surface area contributed by atoms with Crippen LogP contribution in [0, 0.1) is 5.92 Å². The van der Waals surface area contributed by atoms with Gasteiger partial charge in [0.05, 0.1) is 18.7 Å². The largest absolute Gasteiger partial charge is 0.503 e. The second-order valence-electron chi connectivity index (χ2n) is 8.93. The van der Waals surface area contributed by atoms with Crippen LogP contribution in [0.2, 0.25) is 0 Å². The van der Waals surface area contributed by atoms with E-state index in [4.69, 9.17) is 4.74 Å². The summed E-state index contributed by atoms with van der Waals surface area (Å²) in [7, 11) is 1.55. The van der Waals surface area contributed by atoms with Crippen LogP contribution in [0.4, 0.5) is 5.69 Å². The van der Waals surface area contributed by atoms with Gasteiger partial charge in [0.1, 0.15) is 5.75 Å². The fraction of sp³-hybridized carbons (Fsp3) is 0.360. The maximum atomic E-state index is 13.1. The number of Topliss-reactive ketones (excluding diaryl/α,β-unsaturated/α-hetero) is 1. The molecule has 1 unspecified atom stereocenters. The van der Waals surface area contributed by atoms with E-state index in [-0.39, 0.29) is 22.7 Å². The van der Waals surface area contributed by atoms with Gasteiger partial charge in [0.15, 0.2) is 11.5 Å². The molecule has 158 valence electrons. The summed E-state index contributed by atoms with van der Waals surface area (Å²) in [6, 6.07) is 14.2. The van der Waals surface area contributed by atoms with Crippen molar-refractivity contribution >= 4 is 17.4 Å². The number of ether oxygens (including phenoxy) is 1. The van der Waals surface area contributed by atoms with E-state index in [0.717, 1.165) is 11.1 Å². The highest BCUT2D eigenvalue weighted by molar-refractivity contribution is 6.16. The average Bonchev–Trinajstić information content (AvgIpc) is 2.97. The Morgan fingerprint density at radius 2 is 1.73 bits per heavy atom. The van der Waals surface area contributed by atoms with Crippen LogP contribution in [0.5, 0.6) is 5.75 Å². The number of aliphatic hydroxyl groups is 1. The summed E-state index contributed by atoms with van der Waals surface area (Å²) in [5.74, 6) is -1.07. The Morgan fingerprint density at radius 1 is 1.10 bits per heavy atom. The number of hydrogen-bond acceptors (Lipinski definition) is 4. The van der Waals surface area contributed by atoms with Crippen molar-refractivity contribution in [3.63, 3.8) is 0 Å². The van der Waals surface area contributed by atoms with Gasteiger partial charge in [-0.3, -0.25) is 14.5 Å². The molecule has 5 nitrogen and oxygen atoms in total. The van der Waals surface area contributed by atoms with Gasteiger partial charge in [-0.05, 0) is 28.7 Å². The number of methoxy groups -OCH3 is 1. The molecule has 0 bridgehead atoms. The third-order valence-electron chi connectivity index (χ3n) is 5.42. The molecule has 0 saturated heterocycles. The van der Waals surface area contributed by atoms with E-state index >= 15 is 0 Å². The van der Waals surface area contributed by atoms with Crippen LogP contribution in [0.1, 0.15) is 51.8 Å². The summed E-state index contributed by atoms with van der Waals surface area (Å²) >= 11 is 0. The molecule has 0 radical (unpaired) electrons. The molecule has 1 N–H and O–H groups in total. The maximum absolute atomic E-state index is 13.1. The molecule has 2 aromatic carbocycles. The predicted molar refractivity (Wildman–Crippen MR) is 118 cm³/mol. The SMILES string of the molecule is COc1cccc(N2C(=O)C(O)=C(C(=O)C(C)C)C2c2ccc(C(C)(C)C)cc2)c1. The lowest BCUT2D eigenvalue weighted by Gasteiger charge is -2.28. The number of nitrogens with zero attached hydrogens (tertiary/aromatic N) is 1. The maximum Gasteiger partial charge on any atom is 0.294 e. The Labute approximate surface area is 178 Å². The van der Waals surface area contributed by atoms with Gasteiger partial charge in [0.2, 0.25) is 0 Å². The quantitative estimate of drug-likeness (QED) is 0.747. The summed E-state index contributed by atoms with van der Waals surface area (Å²) in [6.45, 7) is 9.91. The summed E-state index contributed by atoms with van der Waals surface area (Å²) in [6.07, 6.45) is 0. The smallest absolute Gasteiger partial charge is 0.294 e. The Kier molecular flexibility index (Phi) is 5.75. The predicted octanol–water partition coefficient (Wildman–Crippen LogP) is 5.12. The van der Waals surface area contributed by atoms with Crippen LogP contribution < -0.4 is 9.64 Å². The molecule has 1 atom stereocenters. The zero-order chi connectivity index (χ0) is 22.2. The van der Waals surface area contributed by atoms with Crippen LogP contribution >= 0.6 is 0 Å². The van der Waals surface area contributed by atoms with Crippen molar-refractivity contribution in [2.24, 2.45) is 5.92 Å². The highest BCUT2D eigenvalue weighted by Crippen LogP contribution is 2.42. The first-order valence-electron chi connectivity index (χ1n) is 10.1. The Morgan fingerprint density at radius 3 is 2.27 bits per heavy atom. The zero-order valence-corrected chi connectivity index (χ0v) is 18.4. The van der Waals surface area contributed by atoms with Crippen molar-refractivity contribution in [1.29, 1.82) is 0 Å². The molecule has 0 aromatic heterocycles. The Balaban J connectivity index is 2.17. The Hall–Kier alpha value is -3.08. The normalized spacial score (nSPS) is 17.1. The fourth-order valence-electron chi connectivity index (χ4n) is 3.68. The third kappa shape index (κ3) is 3.84. The first-order chi connectivity index (χ1) is 14.1. The first kappa shape index (κ1) is 21.6. The number of amides is 1. The number of hydrogen-bond donors (Lipinski definition) is 1. The molecule has 0 aliphatic carbocycles. The minimum atomic E-state index is -0.700. The first-order valence-corrected chi connectivity index (χ1v) is 10.1. The van der Waals surface area contributed by atoms with Crippen molar-refractivity contribution in [3.05, 3.63) is 71.0 Å². The van der Waals surface area contributed by atoms with Gasteiger partial charge in [-0.25, -0.2) is 0 Å². The number of benzene rings is 2. The molecule has 3 rings (SSSR count). The second kappa shape index (κ2) is 7.98. The van der Waals surface area contributed by atoms with Crippen LogP contribution in [-0.4, -0.2) is 23.9 Å². The lowest BCUT2D eigenvalue weighted by atomic mass is 9.85. The molecule has 1 aliphatic heterocycles. The summed E-state index contributed by atoms with van der Waals surface area (Å²) in [4.78, 5) is 27.5. The molecular formula is C25H29NO4. The van der Waals surface area contributed by atoms with E-state index in [1.54, 1.807) is 45.2 Å². The van der Waals surface area contributed by atoms with Crippen molar-refractivity contribution in [3.8, 4) is 5.75 Å². The zero-order valence-electron chi connectivity index (χ0n) is 18.4. The molecular weight excluding hydrogens is 378 g/mol. The molecule has 0 spiro atoms. The third-order valence-corrected chi connectivity index (χ3v) is 5.42. The van der Waals surface area contributed by atoms with Crippen LogP contribution in [0.15, 0.2) is 59.9 Å². The minimum absolute atomic E-state index is 0.0227. The molecule has 2 aromatic rings. The number of ketones is 1. The van der Waals surface area contributed by atoms with E-state index in [2.05, 4.69) is 20.8 Å². The molecule has 1 heterocycles. The summed E-state index contributed by atoms with van der Waals surface area (Å²) in [5.41, 5.74) is 2.59. The van der Waals surface area contributed by atoms with Gasteiger partial charge in [-0.2, -0.15) is 0 Å². The van der Waals surface area contributed by atoms with Gasteiger partial charge in [-0.15, -0.1) is 0 Å². The second-order valence-corrected chi connectivity index (χ2v) is 8.93. The number of rotatable bonds is 5. The van der Waals surface area contributed by atoms with Gasteiger partial charge in [0.25, 0.3) is 5.91 Å². The van der Waals surface area contributed by atoms with E-state index in [1.807, 2.05) is 24.3 Å². The standard InChI is InChI=1S/C25H29NO4/c1-15(2)22(27)20-21(16-10-12-17(13-11-16)25(3,4)5)26(24(29)23(20)28)18-8-7-9-19(14-18)30-6/h7-15,21,28H,1-6H3. The summed E-state index contributed by atoms with van der Waals surface area (Å²) < 4.78 is 5.30. The number of carbonyl (C=O) groups excluding carboxylic acids is 2. The molecule has 5 heteroatoms. The fourth-order valence-corrected chi connectivity index (χ4v) is 3.68. The summed E-state index contributed by atoms with van der Waals surface area (Å²) in [5, 5.41) is 10.7. The molecule has 0 saturated carbocycles. The molecule has 1 aliphatic rings. The lowest BCUT2D eigenvalue weighted by Crippen LogP contribution is -2.31.